The third-order valence-corrected chi connectivity index (χ3v) is 0. The molecule has 0 aliphatic heterocycles. The first kappa shape index (κ1) is 614. The molecule has 0 saturated carbocycles. The van der Waals surface area contributed by atoms with Crippen molar-refractivity contribution >= 4 is 29.6 Å². The minimum absolute atomic E-state index is 0. The van der Waals surface area contributed by atoms with Crippen molar-refractivity contribution in [3.8, 4) is 0 Å². The van der Waals surface area contributed by atoms with Gasteiger partial charge in [-0.25, -0.2) is 0 Å². The second kappa shape index (κ2) is 388. The van der Waals surface area contributed by atoms with Gasteiger partial charge in [0.2, 0.25) is 0 Å². The monoisotopic (exact) mass is 132 g/mol. The van der Waals surface area contributed by atoms with Crippen LogP contribution in [0.1, 0.15) is 0 Å². The topological polar surface area (TPSA) is 189 Å². The second-order valence-electron chi connectivity index (χ2n) is 0. The normalized spacial score (nSPS) is 0. The summed E-state index contributed by atoms with van der Waals surface area (Å²) in [5.41, 5.74) is 0. The molecule has 0 heterocycles. The van der Waals surface area contributed by atoms with Gasteiger partial charge >= 0.3 is 29.6 Å². The van der Waals surface area contributed by atoms with Gasteiger partial charge in [0.1, 0.15) is 0 Å². The molecule has 6 nitrogen and oxygen atoms in total. The van der Waals surface area contributed by atoms with Crippen molar-refractivity contribution < 1.29 is 32.9 Å². The summed E-state index contributed by atoms with van der Waals surface area (Å²) < 4.78 is 0. The first-order valence-electron chi connectivity index (χ1n) is 0. The Kier molecular flexibility index (Phi) is 34100. The zero-order valence-electron chi connectivity index (χ0n) is 3.00. The number of rotatable bonds is 0. The van der Waals surface area contributed by atoms with Crippen LogP contribution in [0.15, 0.2) is 0 Å². The van der Waals surface area contributed by atoms with Gasteiger partial charge in [-0.1, -0.05) is 0 Å². The molecule has 0 atom stereocenters. The van der Waals surface area contributed by atoms with E-state index < -0.39 is 0 Å². The van der Waals surface area contributed by atoms with E-state index in [1.165, 1.54) is 0 Å². The quantitative estimate of drug-likeness (QED) is 0.284. The van der Waals surface area contributed by atoms with Crippen LogP contribution in [0.3, 0.4) is 0 Å². The van der Waals surface area contributed by atoms with Crippen LogP contribution in [0.2, 0.25) is 0 Å². The standard InChI is InChI=1S/Na.6H2O.H/h;6*1H2;. The fourth-order valence-electron chi connectivity index (χ4n) is 0. The van der Waals surface area contributed by atoms with E-state index in [9.17, 15) is 0 Å². The Hall–Kier alpha value is 0.760. The fraction of sp³-hybridized carbons (Fsp3) is 0. The third kappa shape index (κ3) is 265. The summed E-state index contributed by atoms with van der Waals surface area (Å²) in [6.45, 7) is 0. The molecular formula is H13NaO6. The second-order valence-corrected chi connectivity index (χ2v) is 0. The molecule has 0 amide bonds. The molecule has 0 aliphatic carbocycles. The summed E-state index contributed by atoms with van der Waals surface area (Å²) in [6.07, 6.45) is 0. The van der Waals surface area contributed by atoms with Crippen LogP contribution >= 0.6 is 0 Å². The molecule has 0 bridgehead atoms. The Balaban J connectivity index is 0. The van der Waals surface area contributed by atoms with Crippen molar-refractivity contribution in [1.82, 2.24) is 0 Å². The zero-order valence-corrected chi connectivity index (χ0v) is 3.00. The molecule has 0 saturated heterocycles. The first-order valence-corrected chi connectivity index (χ1v) is 0. The Bertz CT molecular complexity index is 4.14. The van der Waals surface area contributed by atoms with Gasteiger partial charge in [-0.2, -0.15) is 0 Å². The summed E-state index contributed by atoms with van der Waals surface area (Å²) in [4.78, 5) is 0. The van der Waals surface area contributed by atoms with Crippen LogP contribution in [0.4, 0.5) is 0 Å². The molecular weight excluding hydrogens is 119 g/mol. The molecule has 0 aromatic heterocycles. The molecule has 0 rings (SSSR count). The van der Waals surface area contributed by atoms with E-state index in [0.717, 1.165) is 0 Å². The zero-order chi connectivity index (χ0) is 0. The van der Waals surface area contributed by atoms with E-state index in [1.807, 2.05) is 0 Å². The maximum atomic E-state index is 0. The SMILES string of the molecule is O.O.O.O.O.O.[NaH]. The summed E-state index contributed by atoms with van der Waals surface area (Å²) in [5.74, 6) is 0. The van der Waals surface area contributed by atoms with Crippen molar-refractivity contribution in [2.75, 3.05) is 0 Å². The minimum atomic E-state index is 0. The van der Waals surface area contributed by atoms with Crippen LogP contribution in [0, 0.1) is 0 Å². The van der Waals surface area contributed by atoms with Crippen LogP contribution in [-0.2, 0) is 0 Å². The average molecular weight is 132 g/mol. The van der Waals surface area contributed by atoms with Gasteiger partial charge in [0.25, 0.3) is 0 Å². The van der Waals surface area contributed by atoms with Crippen molar-refractivity contribution in [2.45, 2.75) is 0 Å². The summed E-state index contributed by atoms with van der Waals surface area (Å²) in [6, 6.07) is 0. The average Bonchev–Trinajstić information content (AvgIpc) is 0. The molecule has 7 heteroatoms. The van der Waals surface area contributed by atoms with E-state index >= 15 is 0 Å². The van der Waals surface area contributed by atoms with E-state index in [4.69, 9.17) is 0 Å². The molecule has 0 fully saturated rings. The molecule has 0 spiro atoms. The molecule has 12 N–H and O–H groups in total. The Morgan fingerprint density at radius 3 is 0.286 bits per heavy atom. The third-order valence-electron chi connectivity index (χ3n) is 0. The van der Waals surface area contributed by atoms with Crippen LogP contribution < -0.4 is 0 Å². The predicted molar refractivity (Wildman–Crippen MR) is 28.8 cm³/mol. The molecule has 0 aromatic carbocycles. The van der Waals surface area contributed by atoms with Crippen molar-refractivity contribution in [3.05, 3.63) is 0 Å². The Morgan fingerprint density at radius 1 is 0.286 bits per heavy atom. The summed E-state index contributed by atoms with van der Waals surface area (Å²) in [7, 11) is 0. The van der Waals surface area contributed by atoms with Crippen molar-refractivity contribution in [1.29, 1.82) is 0 Å². The summed E-state index contributed by atoms with van der Waals surface area (Å²) >= 11 is 0. The number of hydrogen-bond donors (Lipinski definition) is 0. The van der Waals surface area contributed by atoms with Gasteiger partial charge in [-0.3, -0.25) is 0 Å². The van der Waals surface area contributed by atoms with Crippen LogP contribution in [0.25, 0.3) is 0 Å². The molecule has 50 valence electrons. The van der Waals surface area contributed by atoms with Crippen molar-refractivity contribution in [2.24, 2.45) is 0 Å². The summed E-state index contributed by atoms with van der Waals surface area (Å²) in [5, 5.41) is 0. The maximum absolute atomic E-state index is 0. The van der Waals surface area contributed by atoms with Crippen LogP contribution in [0.5, 0.6) is 0 Å². The van der Waals surface area contributed by atoms with Gasteiger partial charge in [-0.15, -0.1) is 0 Å². The van der Waals surface area contributed by atoms with Gasteiger partial charge in [0, 0.05) is 0 Å². The Labute approximate surface area is 62.7 Å². The van der Waals surface area contributed by atoms with Gasteiger partial charge in [-0.05, 0) is 0 Å². The van der Waals surface area contributed by atoms with Gasteiger partial charge in [0.15, 0.2) is 0 Å². The van der Waals surface area contributed by atoms with E-state index in [0.29, 0.717) is 0 Å². The Morgan fingerprint density at radius 2 is 0.286 bits per heavy atom. The fourth-order valence-corrected chi connectivity index (χ4v) is 0. The number of hydrogen-bond acceptors (Lipinski definition) is 0. The van der Waals surface area contributed by atoms with Crippen molar-refractivity contribution in [3.63, 3.8) is 0 Å². The predicted octanol–water partition coefficient (Wildman–Crippen LogP) is -5.60. The van der Waals surface area contributed by atoms with E-state index in [1.54, 1.807) is 0 Å². The van der Waals surface area contributed by atoms with Gasteiger partial charge in [0.05, 0.1) is 0 Å². The molecule has 0 unspecified atom stereocenters. The van der Waals surface area contributed by atoms with E-state index in [2.05, 4.69) is 0 Å². The molecule has 7 heavy (non-hydrogen) atoms. The first-order chi connectivity index (χ1) is 0. The molecule has 0 aromatic rings. The molecule has 0 radical (unpaired) electrons. The molecule has 0 aliphatic rings. The van der Waals surface area contributed by atoms with Gasteiger partial charge < -0.3 is 32.9 Å². The van der Waals surface area contributed by atoms with Crippen LogP contribution in [-0.4, -0.2) is 62.4 Å². The van der Waals surface area contributed by atoms with E-state index in [-0.39, 0.29) is 62.4 Å².